The summed E-state index contributed by atoms with van der Waals surface area (Å²) in [6, 6.07) is 12.9. The summed E-state index contributed by atoms with van der Waals surface area (Å²) in [7, 11) is 0. The number of aromatic nitrogens is 1. The number of hydrogen-bond donors (Lipinski definition) is 1. The van der Waals surface area contributed by atoms with Crippen molar-refractivity contribution in [3.63, 3.8) is 0 Å². The first kappa shape index (κ1) is 18.1. The SMILES string of the molecule is Cc1noc(=O)c2ccc(NC(=O)C(=O)CC3CCCc4ccccc43)cc12. The zero-order valence-corrected chi connectivity index (χ0v) is 15.5. The van der Waals surface area contributed by atoms with Crippen LogP contribution in [-0.4, -0.2) is 16.8 Å². The summed E-state index contributed by atoms with van der Waals surface area (Å²) in [5, 5.41) is 7.31. The summed E-state index contributed by atoms with van der Waals surface area (Å²) < 4.78 is 4.70. The molecule has 1 unspecified atom stereocenters. The molecule has 1 aromatic heterocycles. The molecular weight excluding hydrogens is 356 g/mol. The number of aryl methyl sites for hydroxylation is 2. The second-order valence-corrected chi connectivity index (χ2v) is 7.19. The van der Waals surface area contributed by atoms with Crippen LogP contribution in [0.4, 0.5) is 5.69 Å². The maximum absolute atomic E-state index is 12.5. The Bertz CT molecular complexity index is 1130. The first-order chi connectivity index (χ1) is 13.5. The number of nitrogens with zero attached hydrogens (tertiary/aromatic N) is 1. The molecule has 0 fully saturated rings. The van der Waals surface area contributed by atoms with Crippen LogP contribution in [-0.2, 0) is 16.0 Å². The Labute approximate surface area is 161 Å². The Morgan fingerprint density at radius 2 is 2.00 bits per heavy atom. The van der Waals surface area contributed by atoms with E-state index in [9.17, 15) is 14.4 Å². The van der Waals surface area contributed by atoms with E-state index < -0.39 is 17.3 Å². The number of carbonyl (C=O) groups is 2. The summed E-state index contributed by atoms with van der Waals surface area (Å²) >= 11 is 0. The van der Waals surface area contributed by atoms with Crippen LogP contribution in [0.2, 0.25) is 0 Å². The summed E-state index contributed by atoms with van der Waals surface area (Å²) in [6.45, 7) is 1.71. The zero-order chi connectivity index (χ0) is 19.7. The van der Waals surface area contributed by atoms with Gasteiger partial charge < -0.3 is 9.84 Å². The first-order valence-corrected chi connectivity index (χ1v) is 9.35. The van der Waals surface area contributed by atoms with Gasteiger partial charge in [-0.25, -0.2) is 4.79 Å². The van der Waals surface area contributed by atoms with E-state index >= 15 is 0 Å². The van der Waals surface area contributed by atoms with E-state index in [4.69, 9.17) is 4.52 Å². The molecule has 1 aliphatic rings. The number of carbonyl (C=O) groups excluding carboxylic acids is 2. The van der Waals surface area contributed by atoms with Crippen molar-refractivity contribution in [2.75, 3.05) is 5.32 Å². The van der Waals surface area contributed by atoms with E-state index in [2.05, 4.69) is 22.6 Å². The summed E-state index contributed by atoms with van der Waals surface area (Å²) in [5.41, 5.74) is 2.89. The predicted octanol–water partition coefficient (Wildman–Crippen LogP) is 3.51. The number of ketones is 1. The van der Waals surface area contributed by atoms with E-state index in [-0.39, 0.29) is 12.3 Å². The second kappa shape index (κ2) is 7.38. The molecule has 0 saturated heterocycles. The second-order valence-electron chi connectivity index (χ2n) is 7.19. The molecule has 28 heavy (non-hydrogen) atoms. The highest BCUT2D eigenvalue weighted by Gasteiger charge is 2.25. The third-order valence-corrected chi connectivity index (χ3v) is 5.33. The van der Waals surface area contributed by atoms with E-state index in [0.717, 1.165) is 19.3 Å². The van der Waals surface area contributed by atoms with Gasteiger partial charge in [-0.1, -0.05) is 29.4 Å². The number of fused-ring (bicyclic) bond motifs is 2. The number of hydrogen-bond acceptors (Lipinski definition) is 5. The molecule has 0 aliphatic heterocycles. The van der Waals surface area contributed by atoms with Crippen molar-refractivity contribution in [2.24, 2.45) is 0 Å². The van der Waals surface area contributed by atoms with Crippen molar-refractivity contribution in [1.29, 1.82) is 0 Å². The summed E-state index contributed by atoms with van der Waals surface area (Å²) in [5.74, 6) is -1.00. The maximum atomic E-state index is 12.5. The fourth-order valence-electron chi connectivity index (χ4n) is 3.89. The summed E-state index contributed by atoms with van der Waals surface area (Å²) in [4.78, 5) is 36.7. The molecule has 1 aliphatic carbocycles. The molecule has 3 aromatic rings. The van der Waals surface area contributed by atoms with Crippen LogP contribution >= 0.6 is 0 Å². The van der Waals surface area contributed by atoms with Gasteiger partial charge in [0, 0.05) is 17.5 Å². The lowest BCUT2D eigenvalue weighted by Crippen LogP contribution is -2.25. The van der Waals surface area contributed by atoms with Crippen molar-refractivity contribution in [1.82, 2.24) is 5.16 Å². The van der Waals surface area contributed by atoms with Gasteiger partial charge in [-0.3, -0.25) is 9.59 Å². The normalized spacial score (nSPS) is 15.8. The van der Waals surface area contributed by atoms with Crippen LogP contribution in [0.1, 0.15) is 42.0 Å². The summed E-state index contributed by atoms with van der Waals surface area (Å²) in [6.07, 6.45) is 3.15. The molecule has 4 rings (SSSR count). The minimum atomic E-state index is -0.643. The number of amides is 1. The molecule has 1 amide bonds. The highest BCUT2D eigenvalue weighted by Crippen LogP contribution is 2.34. The van der Waals surface area contributed by atoms with Crippen molar-refractivity contribution < 1.29 is 14.1 Å². The van der Waals surface area contributed by atoms with Gasteiger partial charge in [0.2, 0.25) is 5.78 Å². The van der Waals surface area contributed by atoms with Crippen molar-refractivity contribution in [2.45, 2.75) is 38.5 Å². The minimum absolute atomic E-state index is 0.0795. The van der Waals surface area contributed by atoms with Gasteiger partial charge in [-0.2, -0.15) is 0 Å². The van der Waals surface area contributed by atoms with E-state index in [0.29, 0.717) is 22.2 Å². The Morgan fingerprint density at radius 1 is 1.18 bits per heavy atom. The van der Waals surface area contributed by atoms with E-state index in [1.807, 2.05) is 12.1 Å². The highest BCUT2D eigenvalue weighted by atomic mass is 16.5. The van der Waals surface area contributed by atoms with Gasteiger partial charge in [0.25, 0.3) is 5.91 Å². The van der Waals surface area contributed by atoms with Crippen LogP contribution < -0.4 is 10.9 Å². The Hall–Kier alpha value is -3.28. The molecule has 0 saturated carbocycles. The molecule has 0 radical (unpaired) electrons. The van der Waals surface area contributed by atoms with Gasteiger partial charge in [0.05, 0.1) is 11.1 Å². The fraction of sp³-hybridized carbons (Fsp3) is 0.273. The molecule has 1 N–H and O–H groups in total. The number of Topliss-reactive ketones (excluding diaryl/α,β-unsaturated/α-hetero) is 1. The third kappa shape index (κ3) is 3.45. The third-order valence-electron chi connectivity index (χ3n) is 5.33. The smallest absolute Gasteiger partial charge is 0.319 e. The fourth-order valence-corrected chi connectivity index (χ4v) is 3.89. The Balaban J connectivity index is 1.50. The highest BCUT2D eigenvalue weighted by molar-refractivity contribution is 6.40. The molecule has 2 aromatic carbocycles. The molecule has 0 bridgehead atoms. The van der Waals surface area contributed by atoms with Gasteiger partial charge >= 0.3 is 5.63 Å². The van der Waals surface area contributed by atoms with Crippen LogP contribution in [0.3, 0.4) is 0 Å². The lowest BCUT2D eigenvalue weighted by Gasteiger charge is -2.24. The van der Waals surface area contributed by atoms with Crippen molar-refractivity contribution >= 4 is 28.2 Å². The number of nitrogens with one attached hydrogen (secondary N) is 1. The molecule has 1 atom stereocenters. The number of rotatable bonds is 4. The number of anilines is 1. The lowest BCUT2D eigenvalue weighted by molar-refractivity contribution is -0.135. The average molecular weight is 376 g/mol. The van der Waals surface area contributed by atoms with Crippen LogP contribution in [0.15, 0.2) is 51.8 Å². The Morgan fingerprint density at radius 3 is 2.86 bits per heavy atom. The molecule has 0 spiro atoms. The van der Waals surface area contributed by atoms with Crippen LogP contribution in [0, 0.1) is 6.92 Å². The molecular formula is C22H20N2O4. The largest absolute Gasteiger partial charge is 0.366 e. The molecule has 6 nitrogen and oxygen atoms in total. The van der Waals surface area contributed by atoms with Gasteiger partial charge in [0.1, 0.15) is 0 Å². The first-order valence-electron chi connectivity index (χ1n) is 9.35. The number of benzene rings is 2. The van der Waals surface area contributed by atoms with Crippen molar-refractivity contribution in [3.8, 4) is 0 Å². The molecule has 6 heteroatoms. The lowest BCUT2D eigenvalue weighted by atomic mass is 9.80. The average Bonchev–Trinajstić information content (AvgIpc) is 2.71. The van der Waals surface area contributed by atoms with Crippen LogP contribution in [0.25, 0.3) is 10.8 Å². The van der Waals surface area contributed by atoms with Gasteiger partial charge in [-0.05, 0) is 61.4 Å². The van der Waals surface area contributed by atoms with E-state index in [1.165, 1.54) is 11.1 Å². The minimum Gasteiger partial charge on any atom is -0.319 e. The topological polar surface area (TPSA) is 89.3 Å². The molecule has 142 valence electrons. The standard InChI is InChI=1S/C22H20N2O4/c1-13-19-12-16(9-10-18(19)22(27)28-24-13)23-21(26)20(25)11-15-7-4-6-14-5-2-3-8-17(14)15/h2-3,5,8-10,12,15H,4,6-7,11H2,1H3,(H,23,26). The van der Waals surface area contributed by atoms with Gasteiger partial charge in [-0.15, -0.1) is 0 Å². The molecule has 1 heterocycles. The maximum Gasteiger partial charge on any atom is 0.366 e. The van der Waals surface area contributed by atoms with Gasteiger partial charge in [0.15, 0.2) is 0 Å². The van der Waals surface area contributed by atoms with Crippen LogP contribution in [0.5, 0.6) is 0 Å². The van der Waals surface area contributed by atoms with E-state index in [1.54, 1.807) is 25.1 Å². The monoisotopic (exact) mass is 376 g/mol. The Kier molecular flexibility index (Phi) is 4.77. The predicted molar refractivity (Wildman–Crippen MR) is 105 cm³/mol. The zero-order valence-electron chi connectivity index (χ0n) is 15.5. The quantitative estimate of drug-likeness (QED) is 0.704. The van der Waals surface area contributed by atoms with Crippen molar-refractivity contribution in [3.05, 3.63) is 69.7 Å².